The van der Waals surface area contributed by atoms with Crippen molar-refractivity contribution in [1.29, 1.82) is 0 Å². The van der Waals surface area contributed by atoms with Gasteiger partial charge in [0.1, 0.15) is 0 Å². The summed E-state index contributed by atoms with van der Waals surface area (Å²) in [5, 5.41) is 4.02. The van der Waals surface area contributed by atoms with Gasteiger partial charge in [-0.05, 0) is 50.4 Å². The van der Waals surface area contributed by atoms with Gasteiger partial charge >= 0.3 is 0 Å². The second-order valence-electron chi connectivity index (χ2n) is 5.59. The molecule has 1 aliphatic rings. The Labute approximate surface area is 138 Å². The zero-order valence-electron chi connectivity index (χ0n) is 13.7. The maximum atomic E-state index is 6.31. The van der Waals surface area contributed by atoms with Crippen molar-refractivity contribution in [2.24, 2.45) is 0 Å². The molecule has 0 aromatic heterocycles. The average Bonchev–Trinajstić information content (AvgIpc) is 2.55. The first kappa shape index (κ1) is 17.4. The first-order chi connectivity index (χ1) is 10.7. The number of nitrogens with zero attached hydrogens (tertiary/aromatic N) is 1. The number of aryl methyl sites for hydroxylation is 1. The largest absolute Gasteiger partial charge is 0.493 e. The van der Waals surface area contributed by atoms with Crippen molar-refractivity contribution < 1.29 is 9.47 Å². The minimum absolute atomic E-state index is 0.583. The number of hydrogen-bond acceptors (Lipinski definition) is 4. The molecule has 124 valence electrons. The van der Waals surface area contributed by atoms with Gasteiger partial charge in [-0.1, -0.05) is 11.6 Å². The van der Waals surface area contributed by atoms with Crippen molar-refractivity contribution in [1.82, 2.24) is 10.2 Å². The topological polar surface area (TPSA) is 33.7 Å². The lowest BCUT2D eigenvalue weighted by atomic mass is 10.1. The number of nitrogens with one attached hydrogen (secondary N) is 1. The minimum atomic E-state index is 0.583. The highest BCUT2D eigenvalue weighted by molar-refractivity contribution is 6.32. The van der Waals surface area contributed by atoms with E-state index in [1.54, 1.807) is 7.11 Å². The maximum absolute atomic E-state index is 6.31. The number of piperazine rings is 1. The third kappa shape index (κ3) is 5.04. The van der Waals surface area contributed by atoms with Gasteiger partial charge in [-0.3, -0.25) is 0 Å². The molecule has 22 heavy (non-hydrogen) atoms. The van der Waals surface area contributed by atoms with Crippen molar-refractivity contribution in [3.8, 4) is 11.5 Å². The number of ether oxygens (including phenoxy) is 2. The molecule has 0 unspecified atom stereocenters. The van der Waals surface area contributed by atoms with Crippen LogP contribution in [0.1, 0.15) is 25.3 Å². The van der Waals surface area contributed by atoms with Crippen LogP contribution >= 0.6 is 11.6 Å². The number of halogens is 1. The predicted octanol–water partition coefficient (Wildman–Crippen LogP) is 2.98. The highest BCUT2D eigenvalue weighted by Crippen LogP contribution is 2.36. The average molecular weight is 327 g/mol. The normalized spacial score (nSPS) is 15.8. The van der Waals surface area contributed by atoms with E-state index in [-0.39, 0.29) is 0 Å². The molecule has 0 bridgehead atoms. The number of hydrogen-bond donors (Lipinski definition) is 1. The Kier molecular flexibility index (Phi) is 7.30. The lowest BCUT2D eigenvalue weighted by Gasteiger charge is -2.27. The molecule has 0 saturated carbocycles. The first-order valence-corrected chi connectivity index (χ1v) is 8.54. The van der Waals surface area contributed by atoms with Crippen LogP contribution in [-0.4, -0.2) is 51.3 Å². The van der Waals surface area contributed by atoms with Crippen LogP contribution < -0.4 is 14.8 Å². The molecular formula is C17H27ClN2O2. The van der Waals surface area contributed by atoms with E-state index in [4.69, 9.17) is 21.1 Å². The highest BCUT2D eigenvalue weighted by Gasteiger charge is 2.12. The summed E-state index contributed by atoms with van der Waals surface area (Å²) in [5.41, 5.74) is 1.21. The van der Waals surface area contributed by atoms with Crippen LogP contribution in [0.3, 0.4) is 0 Å². The van der Waals surface area contributed by atoms with E-state index >= 15 is 0 Å². The third-order valence-electron chi connectivity index (χ3n) is 3.98. The number of methoxy groups -OCH3 is 1. The van der Waals surface area contributed by atoms with E-state index in [1.165, 1.54) is 31.6 Å². The van der Waals surface area contributed by atoms with Gasteiger partial charge in [0, 0.05) is 26.2 Å². The van der Waals surface area contributed by atoms with Crippen LogP contribution in [0.5, 0.6) is 11.5 Å². The summed E-state index contributed by atoms with van der Waals surface area (Å²) in [6.45, 7) is 8.28. The Bertz CT molecular complexity index is 462. The van der Waals surface area contributed by atoms with E-state index in [9.17, 15) is 0 Å². The van der Waals surface area contributed by atoms with Gasteiger partial charge in [0.15, 0.2) is 11.5 Å². The molecule has 0 radical (unpaired) electrons. The fraction of sp³-hybridized carbons (Fsp3) is 0.647. The summed E-state index contributed by atoms with van der Waals surface area (Å²) in [5.74, 6) is 1.38. The molecule has 2 rings (SSSR count). The van der Waals surface area contributed by atoms with Crippen molar-refractivity contribution in [2.75, 3.05) is 46.4 Å². The predicted molar refractivity (Wildman–Crippen MR) is 91.4 cm³/mol. The Morgan fingerprint density at radius 3 is 2.68 bits per heavy atom. The smallest absolute Gasteiger partial charge is 0.179 e. The molecule has 1 heterocycles. The van der Waals surface area contributed by atoms with Crippen LogP contribution in [0, 0.1) is 0 Å². The van der Waals surface area contributed by atoms with Crippen LogP contribution in [0.15, 0.2) is 12.1 Å². The van der Waals surface area contributed by atoms with Gasteiger partial charge in [0.05, 0.1) is 18.7 Å². The van der Waals surface area contributed by atoms with Gasteiger partial charge in [-0.2, -0.15) is 0 Å². The Morgan fingerprint density at radius 1 is 1.23 bits per heavy atom. The molecule has 1 aromatic rings. The maximum Gasteiger partial charge on any atom is 0.179 e. The molecule has 1 fully saturated rings. The number of rotatable bonds is 8. The van der Waals surface area contributed by atoms with E-state index in [0.29, 0.717) is 17.4 Å². The van der Waals surface area contributed by atoms with Crippen molar-refractivity contribution in [3.05, 3.63) is 22.7 Å². The van der Waals surface area contributed by atoms with E-state index < -0.39 is 0 Å². The summed E-state index contributed by atoms with van der Waals surface area (Å²) in [6, 6.07) is 4.04. The Balaban J connectivity index is 1.83. The quantitative estimate of drug-likeness (QED) is 0.745. The minimum Gasteiger partial charge on any atom is -0.493 e. The zero-order chi connectivity index (χ0) is 15.8. The Hall–Kier alpha value is -0.970. The molecule has 4 nitrogen and oxygen atoms in total. The van der Waals surface area contributed by atoms with E-state index in [1.807, 2.05) is 19.1 Å². The molecular weight excluding hydrogens is 300 g/mol. The summed E-state index contributed by atoms with van der Waals surface area (Å²) < 4.78 is 10.9. The molecule has 0 spiro atoms. The first-order valence-electron chi connectivity index (χ1n) is 8.17. The van der Waals surface area contributed by atoms with Crippen LogP contribution in [0.4, 0.5) is 0 Å². The van der Waals surface area contributed by atoms with E-state index in [2.05, 4.69) is 10.2 Å². The lowest BCUT2D eigenvalue weighted by Crippen LogP contribution is -2.43. The van der Waals surface area contributed by atoms with Gasteiger partial charge < -0.3 is 19.7 Å². The molecule has 1 aromatic carbocycles. The van der Waals surface area contributed by atoms with Gasteiger partial charge in [0.2, 0.25) is 0 Å². The second-order valence-corrected chi connectivity index (χ2v) is 6.00. The molecule has 1 N–H and O–H groups in total. The van der Waals surface area contributed by atoms with Crippen LogP contribution in [0.25, 0.3) is 0 Å². The van der Waals surface area contributed by atoms with Crippen molar-refractivity contribution >= 4 is 11.6 Å². The Morgan fingerprint density at radius 2 is 2.00 bits per heavy atom. The van der Waals surface area contributed by atoms with Crippen molar-refractivity contribution in [3.63, 3.8) is 0 Å². The molecule has 0 atom stereocenters. The monoisotopic (exact) mass is 326 g/mol. The fourth-order valence-electron chi connectivity index (χ4n) is 2.80. The van der Waals surface area contributed by atoms with Gasteiger partial charge in [-0.25, -0.2) is 0 Å². The van der Waals surface area contributed by atoms with Gasteiger partial charge in [0.25, 0.3) is 0 Å². The summed E-state index contributed by atoms with van der Waals surface area (Å²) in [6.07, 6.45) is 3.40. The standard InChI is InChI=1S/C17H27ClN2O2/c1-3-22-17-15(18)12-14(13-16(17)21-2)6-4-5-9-20-10-7-19-8-11-20/h12-13,19H,3-11H2,1-2H3. The summed E-state index contributed by atoms with van der Waals surface area (Å²) in [7, 11) is 1.66. The number of benzene rings is 1. The molecule has 0 amide bonds. The SMILES string of the molecule is CCOc1c(Cl)cc(CCCCN2CCNCC2)cc1OC. The molecule has 0 aliphatic carbocycles. The zero-order valence-corrected chi connectivity index (χ0v) is 14.4. The number of unbranched alkanes of at least 4 members (excludes halogenated alkanes) is 1. The van der Waals surface area contributed by atoms with Crippen LogP contribution in [0.2, 0.25) is 5.02 Å². The second kappa shape index (κ2) is 9.23. The van der Waals surface area contributed by atoms with Gasteiger partial charge in [-0.15, -0.1) is 0 Å². The highest BCUT2D eigenvalue weighted by atomic mass is 35.5. The van der Waals surface area contributed by atoms with Crippen molar-refractivity contribution in [2.45, 2.75) is 26.2 Å². The molecule has 5 heteroatoms. The molecule has 1 aliphatic heterocycles. The lowest BCUT2D eigenvalue weighted by molar-refractivity contribution is 0.237. The third-order valence-corrected chi connectivity index (χ3v) is 4.26. The summed E-state index contributed by atoms with van der Waals surface area (Å²) >= 11 is 6.31. The summed E-state index contributed by atoms with van der Waals surface area (Å²) in [4.78, 5) is 2.53. The van der Waals surface area contributed by atoms with Crippen LogP contribution in [-0.2, 0) is 6.42 Å². The molecule has 1 saturated heterocycles. The fourth-order valence-corrected chi connectivity index (χ4v) is 3.09. The van der Waals surface area contributed by atoms with E-state index in [0.717, 1.165) is 31.7 Å².